The van der Waals surface area contributed by atoms with Crippen LogP contribution in [0.4, 0.5) is 0 Å². The highest BCUT2D eigenvalue weighted by molar-refractivity contribution is 6.30. The van der Waals surface area contributed by atoms with Gasteiger partial charge < -0.3 is 10.1 Å². The molecule has 2 aromatic rings. The zero-order valence-electron chi connectivity index (χ0n) is 12.0. The molecule has 0 aliphatic carbocycles. The Morgan fingerprint density at radius 3 is 2.62 bits per heavy atom. The lowest BCUT2D eigenvalue weighted by molar-refractivity contribution is -0.123. The monoisotopic (exact) mass is 304 g/mol. The largest absolute Gasteiger partial charge is 0.482 e. The fourth-order valence-corrected chi connectivity index (χ4v) is 1.93. The number of nitrogens with one attached hydrogen (secondary N) is 1. The van der Waals surface area contributed by atoms with Crippen LogP contribution in [-0.4, -0.2) is 17.5 Å². The topological polar surface area (TPSA) is 51.2 Å². The minimum atomic E-state index is -0.182. The van der Waals surface area contributed by atoms with Crippen molar-refractivity contribution in [2.75, 3.05) is 6.61 Å². The van der Waals surface area contributed by atoms with Crippen LogP contribution in [0.3, 0.4) is 0 Å². The average Bonchev–Trinajstić information content (AvgIpc) is 2.47. The fraction of sp³-hybridized carbons (Fsp3) is 0.250. The van der Waals surface area contributed by atoms with Gasteiger partial charge in [0.2, 0.25) is 0 Å². The van der Waals surface area contributed by atoms with Gasteiger partial charge in [-0.3, -0.25) is 9.78 Å². The zero-order valence-corrected chi connectivity index (χ0v) is 12.7. The SMILES string of the molecule is Cc1ccc(OCC(=O)NC(C)c2ccc(Cl)cc2)cn1. The highest BCUT2D eigenvalue weighted by Crippen LogP contribution is 2.16. The van der Waals surface area contributed by atoms with Crippen molar-refractivity contribution in [1.29, 1.82) is 0 Å². The van der Waals surface area contributed by atoms with Gasteiger partial charge in [-0.15, -0.1) is 0 Å². The summed E-state index contributed by atoms with van der Waals surface area (Å²) in [4.78, 5) is 16.0. The molecule has 2 rings (SSSR count). The first-order valence-corrected chi connectivity index (χ1v) is 7.02. The minimum absolute atomic E-state index is 0.0390. The molecule has 1 aromatic heterocycles. The van der Waals surface area contributed by atoms with E-state index >= 15 is 0 Å². The Bertz CT molecular complexity index is 597. The van der Waals surface area contributed by atoms with Crippen molar-refractivity contribution in [3.63, 3.8) is 0 Å². The lowest BCUT2D eigenvalue weighted by atomic mass is 10.1. The second kappa shape index (κ2) is 7.09. The molecule has 110 valence electrons. The van der Waals surface area contributed by atoms with Crippen molar-refractivity contribution in [2.24, 2.45) is 0 Å². The number of aryl methyl sites for hydroxylation is 1. The molecule has 21 heavy (non-hydrogen) atoms. The van der Waals surface area contributed by atoms with Crippen molar-refractivity contribution in [1.82, 2.24) is 10.3 Å². The van der Waals surface area contributed by atoms with E-state index in [2.05, 4.69) is 10.3 Å². The van der Waals surface area contributed by atoms with Crippen LogP contribution in [0.1, 0.15) is 24.2 Å². The van der Waals surface area contributed by atoms with Crippen LogP contribution < -0.4 is 10.1 Å². The Morgan fingerprint density at radius 2 is 2.00 bits per heavy atom. The van der Waals surface area contributed by atoms with Crippen molar-refractivity contribution in [3.8, 4) is 5.75 Å². The number of carbonyl (C=O) groups is 1. The Labute approximate surface area is 129 Å². The molecule has 0 aliphatic heterocycles. The highest BCUT2D eigenvalue weighted by Gasteiger charge is 2.10. The molecule has 5 heteroatoms. The normalized spacial score (nSPS) is 11.8. The fourth-order valence-electron chi connectivity index (χ4n) is 1.81. The smallest absolute Gasteiger partial charge is 0.258 e. The number of carbonyl (C=O) groups excluding carboxylic acids is 1. The number of aromatic nitrogens is 1. The number of halogens is 1. The predicted molar refractivity (Wildman–Crippen MR) is 82.5 cm³/mol. The van der Waals surface area contributed by atoms with E-state index in [1.807, 2.05) is 32.0 Å². The van der Waals surface area contributed by atoms with E-state index in [1.165, 1.54) is 0 Å². The molecular weight excluding hydrogens is 288 g/mol. The molecule has 0 saturated heterocycles. The van der Waals surface area contributed by atoms with E-state index in [0.29, 0.717) is 10.8 Å². The first-order valence-electron chi connectivity index (χ1n) is 6.65. The standard InChI is InChI=1S/C16H17ClN2O2/c1-11-3-8-15(9-18-11)21-10-16(20)19-12(2)13-4-6-14(17)7-5-13/h3-9,12H,10H2,1-2H3,(H,19,20). The Kier molecular flexibility index (Phi) is 5.17. The predicted octanol–water partition coefficient (Wildman–Crippen LogP) is 3.30. The lowest BCUT2D eigenvalue weighted by Gasteiger charge is -2.14. The summed E-state index contributed by atoms with van der Waals surface area (Å²) in [5.41, 5.74) is 1.90. The van der Waals surface area contributed by atoms with Crippen molar-refractivity contribution in [3.05, 3.63) is 58.9 Å². The number of amides is 1. The highest BCUT2D eigenvalue weighted by atomic mass is 35.5. The van der Waals surface area contributed by atoms with Gasteiger partial charge in [0.1, 0.15) is 5.75 Å². The summed E-state index contributed by atoms with van der Waals surface area (Å²) in [5.74, 6) is 0.396. The van der Waals surface area contributed by atoms with E-state index in [4.69, 9.17) is 16.3 Å². The Hall–Kier alpha value is -2.07. The van der Waals surface area contributed by atoms with Crippen molar-refractivity contribution >= 4 is 17.5 Å². The molecule has 1 unspecified atom stereocenters. The van der Waals surface area contributed by atoms with Crippen molar-refractivity contribution < 1.29 is 9.53 Å². The molecule has 1 aromatic carbocycles. The quantitative estimate of drug-likeness (QED) is 0.922. The third kappa shape index (κ3) is 4.76. The molecule has 0 bridgehead atoms. The molecular formula is C16H17ClN2O2. The third-order valence-electron chi connectivity index (χ3n) is 3.00. The molecule has 1 heterocycles. The number of rotatable bonds is 5. The maximum atomic E-state index is 11.9. The third-order valence-corrected chi connectivity index (χ3v) is 3.25. The average molecular weight is 305 g/mol. The summed E-state index contributed by atoms with van der Waals surface area (Å²) >= 11 is 5.84. The van der Waals surface area contributed by atoms with Crippen LogP contribution >= 0.6 is 11.6 Å². The summed E-state index contributed by atoms with van der Waals surface area (Å²) in [7, 11) is 0. The molecule has 0 radical (unpaired) electrons. The maximum Gasteiger partial charge on any atom is 0.258 e. The van der Waals surface area contributed by atoms with E-state index in [1.54, 1.807) is 24.4 Å². The van der Waals surface area contributed by atoms with Gasteiger partial charge in [-0.2, -0.15) is 0 Å². The van der Waals surface area contributed by atoms with Gasteiger partial charge in [0, 0.05) is 10.7 Å². The molecule has 0 fully saturated rings. The second-order valence-electron chi connectivity index (χ2n) is 4.76. The molecule has 1 N–H and O–H groups in total. The maximum absolute atomic E-state index is 11.9. The number of pyridine rings is 1. The van der Waals surface area contributed by atoms with Crippen molar-refractivity contribution in [2.45, 2.75) is 19.9 Å². The van der Waals surface area contributed by atoms with Gasteiger partial charge in [0.05, 0.1) is 12.2 Å². The first kappa shape index (κ1) is 15.3. The van der Waals surface area contributed by atoms with Gasteiger partial charge in [-0.25, -0.2) is 0 Å². The van der Waals surface area contributed by atoms with Gasteiger partial charge in [0.15, 0.2) is 6.61 Å². The number of hydrogen-bond acceptors (Lipinski definition) is 3. The van der Waals surface area contributed by atoms with Gasteiger partial charge in [0.25, 0.3) is 5.91 Å². The van der Waals surface area contributed by atoms with Gasteiger partial charge in [-0.05, 0) is 43.7 Å². The molecule has 4 nitrogen and oxygen atoms in total. The molecule has 0 saturated carbocycles. The van der Waals surface area contributed by atoms with E-state index in [9.17, 15) is 4.79 Å². The molecule has 0 aliphatic rings. The van der Waals surface area contributed by atoms with Gasteiger partial charge >= 0.3 is 0 Å². The van der Waals surface area contributed by atoms with E-state index in [-0.39, 0.29) is 18.6 Å². The molecule has 1 amide bonds. The molecule has 0 spiro atoms. The van der Waals surface area contributed by atoms with Crippen LogP contribution in [0.15, 0.2) is 42.6 Å². The summed E-state index contributed by atoms with van der Waals surface area (Å²) in [6.45, 7) is 3.77. The zero-order chi connectivity index (χ0) is 15.2. The van der Waals surface area contributed by atoms with Gasteiger partial charge in [-0.1, -0.05) is 23.7 Å². The summed E-state index contributed by atoms with van der Waals surface area (Å²) in [5, 5.41) is 3.54. The number of hydrogen-bond donors (Lipinski definition) is 1. The Balaban J connectivity index is 1.83. The van der Waals surface area contributed by atoms with E-state index < -0.39 is 0 Å². The minimum Gasteiger partial charge on any atom is -0.482 e. The lowest BCUT2D eigenvalue weighted by Crippen LogP contribution is -2.31. The molecule has 1 atom stereocenters. The van der Waals surface area contributed by atoms with Crippen LogP contribution in [0.2, 0.25) is 5.02 Å². The number of nitrogens with zero attached hydrogens (tertiary/aromatic N) is 1. The first-order chi connectivity index (χ1) is 10.0. The van der Waals surface area contributed by atoms with Crippen LogP contribution in [0, 0.1) is 6.92 Å². The van der Waals surface area contributed by atoms with Crippen LogP contribution in [0.5, 0.6) is 5.75 Å². The second-order valence-corrected chi connectivity index (χ2v) is 5.20. The van der Waals surface area contributed by atoms with Crippen LogP contribution in [-0.2, 0) is 4.79 Å². The summed E-state index contributed by atoms with van der Waals surface area (Å²) in [6.07, 6.45) is 1.60. The Morgan fingerprint density at radius 1 is 1.29 bits per heavy atom. The van der Waals surface area contributed by atoms with E-state index in [0.717, 1.165) is 11.3 Å². The summed E-state index contributed by atoms with van der Waals surface area (Å²) in [6, 6.07) is 10.9. The number of ether oxygens (including phenoxy) is 1. The summed E-state index contributed by atoms with van der Waals surface area (Å²) < 4.78 is 5.38. The number of benzene rings is 1. The van der Waals surface area contributed by atoms with Crippen LogP contribution in [0.25, 0.3) is 0 Å².